The monoisotopic (exact) mass is 428 g/mol. The fourth-order valence-corrected chi connectivity index (χ4v) is 3.37. The van der Waals surface area contributed by atoms with Crippen molar-refractivity contribution in [2.24, 2.45) is 0 Å². The molecule has 1 aromatic heterocycles. The first-order valence-corrected chi connectivity index (χ1v) is 9.91. The number of nitrogens with one attached hydrogen (secondary N) is 1. The van der Waals surface area contributed by atoms with Crippen LogP contribution < -0.4 is 5.32 Å². The number of aliphatic carboxylic acids is 2. The summed E-state index contributed by atoms with van der Waals surface area (Å²) >= 11 is 0. The number of carboxylic acids is 2. The van der Waals surface area contributed by atoms with E-state index in [1.807, 2.05) is 19.9 Å². The third-order valence-corrected chi connectivity index (χ3v) is 5.10. The molecule has 0 saturated carbocycles. The van der Waals surface area contributed by atoms with Gasteiger partial charge in [-0.25, -0.2) is 4.79 Å². The van der Waals surface area contributed by atoms with Gasteiger partial charge in [-0.3, -0.25) is 14.6 Å². The second kappa shape index (κ2) is 12.4. The number of hydrogen-bond acceptors (Lipinski definition) is 6. The Labute approximate surface area is 161 Å². The van der Waals surface area contributed by atoms with Crippen molar-refractivity contribution in [3.8, 4) is 0 Å². The molecule has 0 bridgehead atoms. The highest BCUT2D eigenvalue weighted by Crippen LogP contribution is 2.21. The zero-order chi connectivity index (χ0) is 21.0. The summed E-state index contributed by atoms with van der Waals surface area (Å²) in [4.78, 5) is 35.2. The van der Waals surface area contributed by atoms with E-state index in [9.17, 15) is 22.8 Å². The first-order chi connectivity index (χ1) is 12.4. The molecule has 0 fully saturated rings. The molecule has 0 aliphatic rings. The van der Waals surface area contributed by atoms with Gasteiger partial charge in [-0.1, -0.05) is 21.6 Å². The SMILES string of the molecule is Cc1cc(C)c(C(=O)NCCSSCCC(=O)O)cn1.O=C(O)C(F)(F)F. The maximum atomic E-state index is 11.9. The molecule has 0 aliphatic carbocycles. The Morgan fingerprint density at radius 2 is 1.70 bits per heavy atom. The molecule has 152 valence electrons. The molecule has 3 N–H and O–H groups in total. The van der Waals surface area contributed by atoms with E-state index in [-0.39, 0.29) is 12.3 Å². The summed E-state index contributed by atoms with van der Waals surface area (Å²) in [5, 5.41) is 18.4. The van der Waals surface area contributed by atoms with Crippen molar-refractivity contribution in [1.82, 2.24) is 10.3 Å². The molecule has 1 aromatic rings. The molecule has 0 atom stereocenters. The number of halogens is 3. The van der Waals surface area contributed by atoms with E-state index in [1.54, 1.807) is 17.0 Å². The van der Waals surface area contributed by atoms with Gasteiger partial charge in [0.1, 0.15) is 0 Å². The van der Waals surface area contributed by atoms with Crippen LogP contribution in [0.4, 0.5) is 13.2 Å². The van der Waals surface area contributed by atoms with Crippen molar-refractivity contribution in [2.45, 2.75) is 26.4 Å². The normalized spacial score (nSPS) is 10.6. The highest BCUT2D eigenvalue weighted by atomic mass is 33.1. The highest BCUT2D eigenvalue weighted by Gasteiger charge is 2.38. The molecular formula is C15H19F3N2O5S2. The van der Waals surface area contributed by atoms with E-state index >= 15 is 0 Å². The van der Waals surface area contributed by atoms with Gasteiger partial charge >= 0.3 is 18.1 Å². The Morgan fingerprint density at radius 1 is 1.15 bits per heavy atom. The Bertz CT molecular complexity index is 657. The van der Waals surface area contributed by atoms with Crippen LogP contribution in [-0.4, -0.2) is 57.3 Å². The van der Waals surface area contributed by atoms with Crippen molar-refractivity contribution in [3.63, 3.8) is 0 Å². The van der Waals surface area contributed by atoms with Crippen LogP contribution in [0.1, 0.15) is 28.0 Å². The molecule has 7 nitrogen and oxygen atoms in total. The molecule has 1 rings (SSSR count). The molecule has 0 radical (unpaired) electrons. The predicted octanol–water partition coefficient (Wildman–Crippen LogP) is 2.92. The van der Waals surface area contributed by atoms with Gasteiger partial charge in [0.2, 0.25) is 0 Å². The lowest BCUT2D eigenvalue weighted by molar-refractivity contribution is -0.192. The number of rotatable bonds is 8. The maximum absolute atomic E-state index is 11.9. The van der Waals surface area contributed by atoms with Gasteiger partial charge in [-0.05, 0) is 25.5 Å². The number of carbonyl (C=O) groups is 3. The number of aromatic nitrogens is 1. The number of amides is 1. The van der Waals surface area contributed by atoms with Crippen LogP contribution in [0, 0.1) is 13.8 Å². The van der Waals surface area contributed by atoms with Crippen molar-refractivity contribution < 1.29 is 37.8 Å². The maximum Gasteiger partial charge on any atom is 0.490 e. The molecule has 0 aromatic carbocycles. The molecule has 1 amide bonds. The van der Waals surface area contributed by atoms with E-state index in [1.165, 1.54) is 10.8 Å². The summed E-state index contributed by atoms with van der Waals surface area (Å²) in [6.07, 6.45) is -3.33. The van der Waals surface area contributed by atoms with Gasteiger partial charge in [0.15, 0.2) is 0 Å². The van der Waals surface area contributed by atoms with Crippen molar-refractivity contribution in [3.05, 3.63) is 29.1 Å². The van der Waals surface area contributed by atoms with Crippen LogP contribution >= 0.6 is 21.6 Å². The summed E-state index contributed by atoms with van der Waals surface area (Å²) in [6, 6.07) is 1.88. The van der Waals surface area contributed by atoms with Gasteiger partial charge in [-0.15, -0.1) is 0 Å². The lowest BCUT2D eigenvalue weighted by Crippen LogP contribution is -2.26. The quantitative estimate of drug-likeness (QED) is 0.428. The van der Waals surface area contributed by atoms with Crippen LogP contribution in [-0.2, 0) is 9.59 Å². The Morgan fingerprint density at radius 3 is 2.19 bits per heavy atom. The minimum absolute atomic E-state index is 0.119. The average Bonchev–Trinajstić information content (AvgIpc) is 2.53. The summed E-state index contributed by atoms with van der Waals surface area (Å²) in [5.41, 5.74) is 2.40. The Hall–Kier alpha value is -1.95. The van der Waals surface area contributed by atoms with E-state index < -0.39 is 18.1 Å². The molecule has 1 heterocycles. The van der Waals surface area contributed by atoms with E-state index in [0.717, 1.165) is 17.0 Å². The van der Waals surface area contributed by atoms with Gasteiger partial charge in [-0.2, -0.15) is 13.2 Å². The van der Waals surface area contributed by atoms with Crippen LogP contribution in [0.2, 0.25) is 0 Å². The first-order valence-electron chi connectivity index (χ1n) is 7.43. The van der Waals surface area contributed by atoms with Gasteiger partial charge in [0.25, 0.3) is 5.91 Å². The molecule has 0 aliphatic heterocycles. The number of hydrogen-bond donors (Lipinski definition) is 3. The number of pyridine rings is 1. The fraction of sp³-hybridized carbons (Fsp3) is 0.467. The topological polar surface area (TPSA) is 117 Å². The average molecular weight is 428 g/mol. The van der Waals surface area contributed by atoms with E-state index in [4.69, 9.17) is 15.0 Å². The number of nitrogens with zero attached hydrogens (tertiary/aromatic N) is 1. The molecule has 12 heteroatoms. The zero-order valence-corrected chi connectivity index (χ0v) is 16.1. The van der Waals surface area contributed by atoms with Gasteiger partial charge < -0.3 is 15.5 Å². The van der Waals surface area contributed by atoms with Crippen LogP contribution in [0.3, 0.4) is 0 Å². The molecular weight excluding hydrogens is 409 g/mol. The van der Waals surface area contributed by atoms with Crippen LogP contribution in [0.15, 0.2) is 12.3 Å². The summed E-state index contributed by atoms with van der Waals surface area (Å²) in [7, 11) is 3.07. The molecule has 27 heavy (non-hydrogen) atoms. The largest absolute Gasteiger partial charge is 0.490 e. The van der Waals surface area contributed by atoms with Crippen LogP contribution in [0.25, 0.3) is 0 Å². The Balaban J connectivity index is 0.000000821. The van der Waals surface area contributed by atoms with Gasteiger partial charge in [0.05, 0.1) is 12.0 Å². The van der Waals surface area contributed by atoms with Crippen molar-refractivity contribution in [2.75, 3.05) is 18.1 Å². The number of carboxylic acid groups (broad SMARTS) is 2. The number of alkyl halides is 3. The molecule has 0 spiro atoms. The van der Waals surface area contributed by atoms with Gasteiger partial charge in [0, 0.05) is 29.9 Å². The summed E-state index contributed by atoms with van der Waals surface area (Å²) in [6.45, 7) is 4.33. The van der Waals surface area contributed by atoms with E-state index in [2.05, 4.69) is 10.3 Å². The Kier molecular flexibility index (Phi) is 11.5. The van der Waals surface area contributed by atoms with E-state index in [0.29, 0.717) is 17.9 Å². The first kappa shape index (κ1) is 25.1. The second-order valence-corrected chi connectivity index (χ2v) is 7.69. The minimum atomic E-state index is -5.08. The smallest absolute Gasteiger partial charge is 0.481 e. The lowest BCUT2D eigenvalue weighted by Gasteiger charge is -2.07. The molecule has 0 saturated heterocycles. The molecule has 0 unspecified atom stereocenters. The third kappa shape index (κ3) is 12.1. The van der Waals surface area contributed by atoms with Crippen molar-refractivity contribution in [1.29, 1.82) is 0 Å². The lowest BCUT2D eigenvalue weighted by atomic mass is 10.1. The second-order valence-electron chi connectivity index (χ2n) is 4.99. The summed E-state index contributed by atoms with van der Waals surface area (Å²) < 4.78 is 31.7. The van der Waals surface area contributed by atoms with Crippen LogP contribution in [0.5, 0.6) is 0 Å². The number of aryl methyl sites for hydroxylation is 2. The number of carbonyl (C=O) groups excluding carboxylic acids is 1. The fourth-order valence-electron chi connectivity index (χ4n) is 1.48. The predicted molar refractivity (Wildman–Crippen MR) is 96.9 cm³/mol. The summed E-state index contributed by atoms with van der Waals surface area (Å²) in [5.74, 6) is -2.34. The third-order valence-electron chi connectivity index (χ3n) is 2.69. The van der Waals surface area contributed by atoms with Crippen molar-refractivity contribution >= 4 is 39.4 Å². The minimum Gasteiger partial charge on any atom is -0.481 e. The standard InChI is InChI=1S/C13H18N2O3S2.C2HF3O2/c1-9-7-10(2)15-8-11(9)13(18)14-4-6-20-19-5-3-12(16)17;3-2(4,5)1(6)7/h7-8H,3-6H2,1-2H3,(H,14,18)(H,16,17);(H,6,7). The zero-order valence-electron chi connectivity index (χ0n) is 14.5. The highest BCUT2D eigenvalue weighted by molar-refractivity contribution is 8.76.